The topological polar surface area (TPSA) is 73.2 Å². The van der Waals surface area contributed by atoms with Crippen LogP contribution in [0.3, 0.4) is 0 Å². The largest absolute Gasteiger partial charge is 0.376 e. The van der Waals surface area contributed by atoms with E-state index in [-0.39, 0.29) is 11.0 Å². The summed E-state index contributed by atoms with van der Waals surface area (Å²) in [6, 6.07) is 5.24. The normalized spacial score (nSPS) is 18.7. The molecule has 0 radical (unpaired) electrons. The predicted molar refractivity (Wildman–Crippen MR) is 83.0 cm³/mol. The maximum Gasteiger partial charge on any atom is 0.264 e. The lowest BCUT2D eigenvalue weighted by atomic mass is 10.1. The van der Waals surface area contributed by atoms with Crippen LogP contribution >= 0.6 is 0 Å². The minimum atomic E-state index is -3.97. The number of aromatic nitrogens is 2. The number of halogens is 1. The van der Waals surface area contributed by atoms with Crippen LogP contribution in [0.15, 0.2) is 41.6 Å². The number of hydrogen-bond donors (Lipinski definition) is 1. The fraction of sp³-hybridized carbons (Fsp3) is 0.400. The van der Waals surface area contributed by atoms with Gasteiger partial charge in [-0.05, 0) is 31.4 Å². The molecule has 23 heavy (non-hydrogen) atoms. The lowest BCUT2D eigenvalue weighted by molar-refractivity contribution is 0.00401. The molecule has 8 heteroatoms. The van der Waals surface area contributed by atoms with Gasteiger partial charge in [0.25, 0.3) is 10.0 Å². The number of ether oxygens (including phenoxy) is 1. The first kappa shape index (κ1) is 15.9. The van der Waals surface area contributed by atoms with E-state index in [0.29, 0.717) is 12.2 Å². The van der Waals surface area contributed by atoms with E-state index in [1.165, 1.54) is 24.4 Å². The quantitative estimate of drug-likeness (QED) is 0.908. The average Bonchev–Trinajstić information content (AvgIpc) is 2.95. The maximum absolute atomic E-state index is 13.6. The first-order valence-corrected chi connectivity index (χ1v) is 8.94. The average molecular weight is 339 g/mol. The lowest BCUT2D eigenvalue weighted by Gasteiger charge is -2.22. The highest BCUT2D eigenvalue weighted by Gasteiger charge is 2.20. The van der Waals surface area contributed by atoms with Crippen molar-refractivity contribution in [3.8, 4) is 0 Å². The second kappa shape index (κ2) is 6.67. The molecular weight excluding hydrogens is 321 g/mol. The molecule has 0 spiro atoms. The van der Waals surface area contributed by atoms with Crippen molar-refractivity contribution in [3.05, 3.63) is 42.5 Å². The first-order valence-electron chi connectivity index (χ1n) is 7.46. The molecule has 2 heterocycles. The summed E-state index contributed by atoms with van der Waals surface area (Å²) in [5, 5.41) is 4.13. The summed E-state index contributed by atoms with van der Waals surface area (Å²) >= 11 is 0. The Morgan fingerprint density at radius 1 is 1.35 bits per heavy atom. The van der Waals surface area contributed by atoms with Crippen LogP contribution in [-0.2, 0) is 21.3 Å². The van der Waals surface area contributed by atoms with Crippen LogP contribution in [0.4, 0.5) is 10.1 Å². The Morgan fingerprint density at radius 2 is 2.17 bits per heavy atom. The van der Waals surface area contributed by atoms with Crippen LogP contribution < -0.4 is 4.72 Å². The zero-order valence-corrected chi connectivity index (χ0v) is 13.3. The standard InChI is InChI=1S/C15H18FN3O3S/c16-14-6-1-2-7-15(14)23(20,21)18-12-9-17-19(10-12)11-13-5-3-4-8-22-13/h1-2,6-7,9-10,13,18H,3-5,8,11H2/t13-/m1/s1. The molecule has 1 aromatic carbocycles. The summed E-state index contributed by atoms with van der Waals surface area (Å²) in [5.41, 5.74) is 0.295. The Labute approximate surface area is 134 Å². The van der Waals surface area contributed by atoms with Crippen LogP contribution in [-0.4, -0.2) is 30.9 Å². The van der Waals surface area contributed by atoms with Crippen LogP contribution in [0.2, 0.25) is 0 Å². The molecule has 1 aliphatic heterocycles. The van der Waals surface area contributed by atoms with E-state index in [4.69, 9.17) is 4.74 Å². The van der Waals surface area contributed by atoms with Crippen LogP contribution in [0.25, 0.3) is 0 Å². The molecule has 1 aromatic heterocycles. The van der Waals surface area contributed by atoms with Crippen molar-refractivity contribution in [2.75, 3.05) is 11.3 Å². The highest BCUT2D eigenvalue weighted by atomic mass is 32.2. The van der Waals surface area contributed by atoms with Gasteiger partial charge in [0.15, 0.2) is 0 Å². The van der Waals surface area contributed by atoms with Gasteiger partial charge in [-0.3, -0.25) is 9.40 Å². The monoisotopic (exact) mass is 339 g/mol. The zero-order valence-electron chi connectivity index (χ0n) is 12.5. The molecule has 0 unspecified atom stereocenters. The van der Waals surface area contributed by atoms with Gasteiger partial charge in [-0.15, -0.1) is 0 Å². The van der Waals surface area contributed by atoms with Gasteiger partial charge in [0.2, 0.25) is 0 Å². The van der Waals surface area contributed by atoms with Gasteiger partial charge < -0.3 is 4.74 Å². The molecule has 1 aliphatic rings. The highest BCUT2D eigenvalue weighted by Crippen LogP contribution is 2.19. The number of benzene rings is 1. The second-order valence-corrected chi connectivity index (χ2v) is 7.13. The number of hydrogen-bond acceptors (Lipinski definition) is 4. The Bertz CT molecular complexity index is 770. The van der Waals surface area contributed by atoms with Crippen LogP contribution in [0.1, 0.15) is 19.3 Å². The van der Waals surface area contributed by atoms with E-state index in [0.717, 1.165) is 31.9 Å². The first-order chi connectivity index (χ1) is 11.0. The van der Waals surface area contributed by atoms with Gasteiger partial charge in [-0.25, -0.2) is 12.8 Å². The Balaban J connectivity index is 1.70. The molecule has 1 N–H and O–H groups in total. The summed E-state index contributed by atoms with van der Waals surface area (Å²) in [4.78, 5) is -0.386. The Morgan fingerprint density at radius 3 is 2.91 bits per heavy atom. The smallest absolute Gasteiger partial charge is 0.264 e. The summed E-state index contributed by atoms with van der Waals surface area (Å²) in [7, 11) is -3.97. The minimum absolute atomic E-state index is 0.0969. The van der Waals surface area contributed by atoms with Crippen molar-refractivity contribution >= 4 is 15.7 Å². The molecule has 1 atom stereocenters. The number of nitrogens with zero attached hydrogens (tertiary/aromatic N) is 2. The predicted octanol–water partition coefficient (Wildman–Crippen LogP) is 2.39. The lowest BCUT2D eigenvalue weighted by Crippen LogP contribution is -2.24. The van der Waals surface area contributed by atoms with E-state index in [2.05, 4.69) is 9.82 Å². The number of sulfonamides is 1. The molecule has 2 aromatic rings. The van der Waals surface area contributed by atoms with Crippen molar-refractivity contribution in [2.24, 2.45) is 0 Å². The van der Waals surface area contributed by atoms with E-state index < -0.39 is 15.8 Å². The molecule has 0 aliphatic carbocycles. The maximum atomic E-state index is 13.6. The number of nitrogens with one attached hydrogen (secondary N) is 1. The Kier molecular flexibility index (Phi) is 4.63. The molecular formula is C15H18FN3O3S. The van der Waals surface area contributed by atoms with E-state index in [9.17, 15) is 12.8 Å². The summed E-state index contributed by atoms with van der Waals surface area (Å²) < 4.78 is 47.7. The fourth-order valence-electron chi connectivity index (χ4n) is 2.55. The van der Waals surface area contributed by atoms with Gasteiger partial charge in [0.1, 0.15) is 10.7 Å². The zero-order chi connectivity index (χ0) is 16.3. The molecule has 124 valence electrons. The molecule has 0 saturated carbocycles. The molecule has 6 nitrogen and oxygen atoms in total. The van der Waals surface area contributed by atoms with Gasteiger partial charge in [-0.1, -0.05) is 12.1 Å². The van der Waals surface area contributed by atoms with Crippen LogP contribution in [0, 0.1) is 5.82 Å². The third-order valence-electron chi connectivity index (χ3n) is 3.68. The van der Waals surface area contributed by atoms with Crippen molar-refractivity contribution in [3.63, 3.8) is 0 Å². The van der Waals surface area contributed by atoms with Gasteiger partial charge in [0, 0.05) is 12.8 Å². The van der Waals surface area contributed by atoms with Crippen LogP contribution in [0.5, 0.6) is 0 Å². The minimum Gasteiger partial charge on any atom is -0.376 e. The Hall–Kier alpha value is -1.93. The summed E-state index contributed by atoms with van der Waals surface area (Å²) in [6.45, 7) is 1.32. The number of anilines is 1. The fourth-order valence-corrected chi connectivity index (χ4v) is 3.66. The van der Waals surface area contributed by atoms with Crippen molar-refractivity contribution in [1.82, 2.24) is 9.78 Å². The number of rotatable bonds is 5. The van der Waals surface area contributed by atoms with Gasteiger partial charge in [0.05, 0.1) is 24.5 Å². The molecule has 0 amide bonds. The molecule has 1 saturated heterocycles. The molecule has 1 fully saturated rings. The highest BCUT2D eigenvalue weighted by molar-refractivity contribution is 7.92. The van der Waals surface area contributed by atoms with Gasteiger partial charge >= 0.3 is 0 Å². The summed E-state index contributed by atoms with van der Waals surface area (Å²) in [6.07, 6.45) is 6.25. The van der Waals surface area contributed by atoms with Crippen molar-refractivity contribution in [2.45, 2.75) is 36.8 Å². The van der Waals surface area contributed by atoms with E-state index in [1.807, 2.05) is 0 Å². The van der Waals surface area contributed by atoms with E-state index in [1.54, 1.807) is 10.9 Å². The SMILES string of the molecule is O=S(=O)(Nc1cnn(C[C@H]2CCCCO2)c1)c1ccccc1F. The second-order valence-electron chi connectivity index (χ2n) is 5.48. The third-order valence-corrected chi connectivity index (χ3v) is 5.09. The van der Waals surface area contributed by atoms with Crippen molar-refractivity contribution in [1.29, 1.82) is 0 Å². The molecule has 3 rings (SSSR count). The molecule has 0 bridgehead atoms. The van der Waals surface area contributed by atoms with Gasteiger partial charge in [-0.2, -0.15) is 5.10 Å². The van der Waals surface area contributed by atoms with E-state index >= 15 is 0 Å². The van der Waals surface area contributed by atoms with Crippen molar-refractivity contribution < 1.29 is 17.5 Å². The summed E-state index contributed by atoms with van der Waals surface area (Å²) in [5.74, 6) is -0.789. The third kappa shape index (κ3) is 3.89.